The third-order valence-corrected chi connectivity index (χ3v) is 3.62. The first-order valence-electron chi connectivity index (χ1n) is 9.63. The van der Waals surface area contributed by atoms with Gasteiger partial charge in [-0.1, -0.05) is 67.7 Å². The van der Waals surface area contributed by atoms with Gasteiger partial charge in [0, 0.05) is 6.42 Å². The van der Waals surface area contributed by atoms with Gasteiger partial charge in [-0.25, -0.2) is 0 Å². The molecule has 0 bridgehead atoms. The van der Waals surface area contributed by atoms with E-state index >= 15 is 0 Å². The van der Waals surface area contributed by atoms with Gasteiger partial charge in [0.15, 0.2) is 0 Å². The number of ether oxygens (including phenoxy) is 1. The van der Waals surface area contributed by atoms with Crippen LogP contribution in [-0.2, 0) is 9.53 Å². The molecule has 0 spiro atoms. The van der Waals surface area contributed by atoms with Gasteiger partial charge in [0.25, 0.3) is 0 Å². The van der Waals surface area contributed by atoms with Gasteiger partial charge in [-0.2, -0.15) is 0 Å². The highest BCUT2D eigenvalue weighted by Gasteiger charge is 1.94. The maximum absolute atomic E-state index is 10.9. The fourth-order valence-corrected chi connectivity index (χ4v) is 2.16. The fourth-order valence-electron chi connectivity index (χ4n) is 2.16. The molecule has 0 aliphatic carbocycles. The smallest absolute Gasteiger partial charge is 0.305 e. The Morgan fingerprint density at radius 2 is 1.12 bits per heavy atom. The molecule has 0 aromatic rings. The molecular weight excluding hydrogens is 308 g/mol. The van der Waals surface area contributed by atoms with Crippen molar-refractivity contribution < 1.29 is 9.53 Å². The predicted octanol–water partition coefficient (Wildman–Crippen LogP) is 6.86. The first-order valence-corrected chi connectivity index (χ1v) is 9.63. The van der Waals surface area contributed by atoms with Crippen molar-refractivity contribution in [1.29, 1.82) is 0 Å². The number of allylic oxidation sites excluding steroid dienone is 10. The number of carbonyl (C=O) groups excluding carboxylic acids is 1. The molecule has 0 amide bonds. The lowest BCUT2D eigenvalue weighted by Crippen LogP contribution is -1.97. The van der Waals surface area contributed by atoms with Gasteiger partial charge in [0.1, 0.15) is 0 Å². The van der Waals surface area contributed by atoms with E-state index in [9.17, 15) is 4.79 Å². The monoisotopic (exact) mass is 344 g/mol. The Labute approximate surface area is 155 Å². The number of hydrogen-bond acceptors (Lipinski definition) is 2. The topological polar surface area (TPSA) is 26.3 Å². The fraction of sp³-hybridized carbons (Fsp3) is 0.522. The summed E-state index contributed by atoms with van der Waals surface area (Å²) in [6.45, 7) is 2.18. The van der Waals surface area contributed by atoms with Crippen LogP contribution in [0.3, 0.4) is 0 Å². The molecule has 0 radical (unpaired) electrons. The molecule has 140 valence electrons. The van der Waals surface area contributed by atoms with Gasteiger partial charge in [-0.3, -0.25) is 4.79 Å². The van der Waals surface area contributed by atoms with Crippen LogP contribution >= 0.6 is 0 Å². The number of esters is 1. The second kappa shape index (κ2) is 20.2. The molecule has 0 unspecified atom stereocenters. The van der Waals surface area contributed by atoms with E-state index < -0.39 is 0 Å². The van der Waals surface area contributed by atoms with Crippen molar-refractivity contribution in [1.82, 2.24) is 0 Å². The Morgan fingerprint density at radius 1 is 0.680 bits per heavy atom. The molecule has 0 aromatic carbocycles. The zero-order chi connectivity index (χ0) is 18.4. The maximum atomic E-state index is 10.9. The van der Waals surface area contributed by atoms with Crippen LogP contribution < -0.4 is 0 Å². The van der Waals surface area contributed by atoms with Gasteiger partial charge in [0.05, 0.1) is 7.11 Å². The molecule has 0 atom stereocenters. The first-order chi connectivity index (χ1) is 12.3. The molecular formula is C23H36O2. The second-order valence-corrected chi connectivity index (χ2v) is 5.87. The van der Waals surface area contributed by atoms with Crippen LogP contribution in [0.15, 0.2) is 60.8 Å². The van der Waals surface area contributed by atoms with Gasteiger partial charge >= 0.3 is 5.97 Å². The molecule has 25 heavy (non-hydrogen) atoms. The summed E-state index contributed by atoms with van der Waals surface area (Å²) in [5.41, 5.74) is 0. The third kappa shape index (κ3) is 20.1. The van der Waals surface area contributed by atoms with E-state index in [0.717, 1.165) is 32.1 Å². The van der Waals surface area contributed by atoms with Crippen molar-refractivity contribution in [3.8, 4) is 0 Å². The van der Waals surface area contributed by atoms with Gasteiger partial charge in [-0.15, -0.1) is 0 Å². The summed E-state index contributed by atoms with van der Waals surface area (Å²) < 4.78 is 4.59. The van der Waals surface area contributed by atoms with Crippen LogP contribution in [0.5, 0.6) is 0 Å². The van der Waals surface area contributed by atoms with Gasteiger partial charge < -0.3 is 4.74 Å². The minimum atomic E-state index is -0.150. The quantitative estimate of drug-likeness (QED) is 0.184. The third-order valence-electron chi connectivity index (χ3n) is 3.62. The molecule has 0 saturated carbocycles. The van der Waals surface area contributed by atoms with Crippen LogP contribution in [0.1, 0.15) is 71.1 Å². The van der Waals surface area contributed by atoms with Crippen LogP contribution in [0, 0.1) is 0 Å². The summed E-state index contributed by atoms with van der Waals surface area (Å²) in [4.78, 5) is 10.9. The minimum Gasteiger partial charge on any atom is -0.469 e. The molecule has 0 N–H and O–H groups in total. The minimum absolute atomic E-state index is 0.150. The molecule has 0 saturated heterocycles. The highest BCUT2D eigenvalue weighted by molar-refractivity contribution is 5.69. The Morgan fingerprint density at radius 3 is 1.60 bits per heavy atom. The van der Waals surface area contributed by atoms with E-state index in [0.29, 0.717) is 6.42 Å². The number of hydrogen-bond donors (Lipinski definition) is 0. The average Bonchev–Trinajstić information content (AvgIpc) is 2.63. The highest BCUT2D eigenvalue weighted by atomic mass is 16.5. The molecule has 0 heterocycles. The second-order valence-electron chi connectivity index (χ2n) is 5.87. The van der Waals surface area contributed by atoms with Gasteiger partial charge in [-0.05, 0) is 57.8 Å². The average molecular weight is 345 g/mol. The number of rotatable bonds is 15. The van der Waals surface area contributed by atoms with Crippen molar-refractivity contribution in [3.05, 3.63) is 60.8 Å². The molecule has 0 aromatic heterocycles. The van der Waals surface area contributed by atoms with E-state index in [1.54, 1.807) is 0 Å². The summed E-state index contributed by atoms with van der Waals surface area (Å²) in [5.74, 6) is -0.150. The van der Waals surface area contributed by atoms with Crippen molar-refractivity contribution in [2.45, 2.75) is 71.1 Å². The molecule has 2 heteroatoms. The Bertz CT molecular complexity index is 439. The number of carbonyl (C=O) groups is 1. The van der Waals surface area contributed by atoms with Crippen molar-refractivity contribution in [3.63, 3.8) is 0 Å². The summed E-state index contributed by atoms with van der Waals surface area (Å²) >= 11 is 0. The first kappa shape index (κ1) is 23.2. The van der Waals surface area contributed by atoms with E-state index in [-0.39, 0.29) is 5.97 Å². The zero-order valence-electron chi connectivity index (χ0n) is 16.2. The maximum Gasteiger partial charge on any atom is 0.305 e. The molecule has 2 nitrogen and oxygen atoms in total. The van der Waals surface area contributed by atoms with Crippen LogP contribution in [0.4, 0.5) is 0 Å². The Kier molecular flexibility index (Phi) is 18.7. The van der Waals surface area contributed by atoms with Crippen LogP contribution in [0.25, 0.3) is 0 Å². The zero-order valence-corrected chi connectivity index (χ0v) is 16.2. The summed E-state index contributed by atoms with van der Waals surface area (Å²) in [6.07, 6.45) is 32.2. The lowest BCUT2D eigenvalue weighted by atomic mass is 10.1. The van der Waals surface area contributed by atoms with Crippen molar-refractivity contribution in [2.24, 2.45) is 0 Å². The highest BCUT2D eigenvalue weighted by Crippen LogP contribution is 2.03. The van der Waals surface area contributed by atoms with Crippen LogP contribution in [-0.4, -0.2) is 13.1 Å². The lowest BCUT2D eigenvalue weighted by Gasteiger charge is -1.93. The number of unbranched alkanes of at least 4 members (excludes halogenated alkanes) is 3. The lowest BCUT2D eigenvalue weighted by molar-refractivity contribution is -0.140. The molecule has 0 aliphatic rings. The summed E-state index contributed by atoms with van der Waals surface area (Å²) in [7, 11) is 1.42. The molecule has 0 aliphatic heterocycles. The standard InChI is InChI=1S/C23H36O2/c1-3-4-5-6-7-8-9-10-11-12-13-14-15-16-17-18-19-20-21-22-23(24)25-2/h4-5,10-11,13-14,16-17,19-20H,3,6-9,12,15,18,21-22H2,1-2H3/b5-4-,11-10-,14-13-,17-16-,20-19-. The summed E-state index contributed by atoms with van der Waals surface area (Å²) in [5, 5.41) is 0. The van der Waals surface area contributed by atoms with E-state index in [1.165, 1.54) is 32.8 Å². The van der Waals surface area contributed by atoms with Crippen molar-refractivity contribution >= 4 is 5.97 Å². The largest absolute Gasteiger partial charge is 0.469 e. The normalized spacial score (nSPS) is 12.6. The van der Waals surface area contributed by atoms with E-state index in [4.69, 9.17) is 0 Å². The van der Waals surface area contributed by atoms with E-state index in [1.807, 2.05) is 6.08 Å². The Hall–Kier alpha value is -1.83. The van der Waals surface area contributed by atoms with E-state index in [2.05, 4.69) is 66.3 Å². The SMILES string of the molecule is CC/C=C\CCCC/C=C\C/C=C\C/C=C\C/C=C\CCC(=O)OC. The van der Waals surface area contributed by atoms with Crippen molar-refractivity contribution in [2.75, 3.05) is 7.11 Å². The van der Waals surface area contributed by atoms with Gasteiger partial charge in [0.2, 0.25) is 0 Å². The Balaban J connectivity index is 3.44. The number of methoxy groups -OCH3 is 1. The molecule has 0 rings (SSSR count). The molecule has 0 fully saturated rings. The van der Waals surface area contributed by atoms with Crippen LogP contribution in [0.2, 0.25) is 0 Å². The summed E-state index contributed by atoms with van der Waals surface area (Å²) in [6, 6.07) is 0. The predicted molar refractivity (Wildman–Crippen MR) is 110 cm³/mol.